The maximum atomic E-state index is 5.72. The van der Waals surface area contributed by atoms with Gasteiger partial charge in [0.05, 0.1) is 12.7 Å². The third kappa shape index (κ3) is 3.00. The lowest BCUT2D eigenvalue weighted by Gasteiger charge is -2.12. The van der Waals surface area contributed by atoms with Gasteiger partial charge in [-0.1, -0.05) is 34.8 Å². The zero-order chi connectivity index (χ0) is 12.1. The standard InChI is InChI=1S/C11H14N4OS/c1-8(9-5-3-2-4-6-9)16-7-10-11(13-12)17-15-14-10/h2-6,8,13H,7,12H2,1H3. The largest absolute Gasteiger partial charge is 0.367 e. The fourth-order valence-electron chi connectivity index (χ4n) is 1.44. The smallest absolute Gasteiger partial charge is 0.149 e. The van der Waals surface area contributed by atoms with E-state index in [-0.39, 0.29) is 6.10 Å². The molecule has 1 unspecified atom stereocenters. The zero-order valence-electron chi connectivity index (χ0n) is 9.46. The lowest BCUT2D eigenvalue weighted by molar-refractivity contribution is 0.0508. The van der Waals surface area contributed by atoms with Gasteiger partial charge in [0.25, 0.3) is 0 Å². The van der Waals surface area contributed by atoms with Gasteiger partial charge in [-0.05, 0) is 12.5 Å². The van der Waals surface area contributed by atoms with Gasteiger partial charge in [0, 0.05) is 11.5 Å². The van der Waals surface area contributed by atoms with Crippen LogP contribution in [0.4, 0.5) is 5.00 Å². The number of nitrogens with two attached hydrogens (primary N) is 1. The molecule has 0 spiro atoms. The molecule has 0 saturated carbocycles. The molecular weight excluding hydrogens is 236 g/mol. The highest BCUT2D eigenvalue weighted by molar-refractivity contribution is 7.10. The van der Waals surface area contributed by atoms with Crippen LogP contribution in [-0.4, -0.2) is 9.59 Å². The predicted octanol–water partition coefficient (Wildman–Crippen LogP) is 2.10. The number of anilines is 1. The number of benzene rings is 1. The normalized spacial score (nSPS) is 12.4. The van der Waals surface area contributed by atoms with E-state index >= 15 is 0 Å². The maximum Gasteiger partial charge on any atom is 0.149 e. The third-order valence-corrected chi connectivity index (χ3v) is 3.13. The van der Waals surface area contributed by atoms with Crippen molar-refractivity contribution >= 4 is 16.5 Å². The Bertz CT molecular complexity index is 460. The molecule has 0 aliphatic rings. The zero-order valence-corrected chi connectivity index (χ0v) is 10.3. The van der Waals surface area contributed by atoms with Crippen molar-refractivity contribution in [1.29, 1.82) is 0 Å². The van der Waals surface area contributed by atoms with Crippen LogP contribution in [0.15, 0.2) is 30.3 Å². The fraction of sp³-hybridized carbons (Fsp3) is 0.273. The van der Waals surface area contributed by atoms with Gasteiger partial charge < -0.3 is 10.2 Å². The summed E-state index contributed by atoms with van der Waals surface area (Å²) < 4.78 is 9.54. The Morgan fingerprint density at radius 1 is 1.41 bits per heavy atom. The topological polar surface area (TPSA) is 73.1 Å². The van der Waals surface area contributed by atoms with Crippen LogP contribution in [0.25, 0.3) is 0 Å². The number of hydrogen-bond donors (Lipinski definition) is 2. The average molecular weight is 250 g/mol. The summed E-state index contributed by atoms with van der Waals surface area (Å²) in [7, 11) is 0. The van der Waals surface area contributed by atoms with Crippen molar-refractivity contribution in [2.24, 2.45) is 5.84 Å². The molecule has 1 aromatic heterocycles. The van der Waals surface area contributed by atoms with Crippen LogP contribution < -0.4 is 11.3 Å². The highest BCUT2D eigenvalue weighted by atomic mass is 32.1. The van der Waals surface area contributed by atoms with Crippen molar-refractivity contribution in [2.45, 2.75) is 19.6 Å². The van der Waals surface area contributed by atoms with Gasteiger partial charge in [-0.15, -0.1) is 5.10 Å². The SMILES string of the molecule is CC(OCc1nnsc1NN)c1ccccc1. The van der Waals surface area contributed by atoms with Crippen molar-refractivity contribution in [1.82, 2.24) is 9.59 Å². The van der Waals surface area contributed by atoms with Crippen molar-refractivity contribution in [2.75, 3.05) is 5.43 Å². The molecule has 90 valence electrons. The quantitative estimate of drug-likeness (QED) is 0.628. The molecule has 0 radical (unpaired) electrons. The number of ether oxygens (including phenoxy) is 1. The first-order chi connectivity index (χ1) is 8.31. The molecule has 3 N–H and O–H groups in total. The van der Waals surface area contributed by atoms with E-state index in [2.05, 4.69) is 15.0 Å². The number of hydrogen-bond acceptors (Lipinski definition) is 6. The summed E-state index contributed by atoms with van der Waals surface area (Å²) in [6, 6.07) is 10.0. The van der Waals surface area contributed by atoms with Crippen molar-refractivity contribution < 1.29 is 4.74 Å². The van der Waals surface area contributed by atoms with Gasteiger partial charge in [0.1, 0.15) is 10.7 Å². The van der Waals surface area contributed by atoms with Crippen molar-refractivity contribution in [3.8, 4) is 0 Å². The van der Waals surface area contributed by atoms with Crippen LogP contribution in [0.1, 0.15) is 24.3 Å². The highest BCUT2D eigenvalue weighted by Crippen LogP contribution is 2.21. The number of aromatic nitrogens is 2. The summed E-state index contributed by atoms with van der Waals surface area (Å²) in [5, 5.41) is 4.69. The van der Waals surface area contributed by atoms with Gasteiger partial charge in [-0.3, -0.25) is 0 Å². The van der Waals surface area contributed by atoms with Crippen LogP contribution in [0.3, 0.4) is 0 Å². The molecule has 1 atom stereocenters. The maximum absolute atomic E-state index is 5.72. The Hall–Kier alpha value is -1.50. The molecule has 0 fully saturated rings. The third-order valence-electron chi connectivity index (χ3n) is 2.43. The van der Waals surface area contributed by atoms with Crippen LogP contribution >= 0.6 is 11.5 Å². The Labute approximate surface area is 104 Å². The Kier molecular flexibility index (Phi) is 4.03. The molecule has 0 bridgehead atoms. The first kappa shape index (κ1) is 12.0. The van der Waals surface area contributed by atoms with Crippen LogP contribution in [0.2, 0.25) is 0 Å². The van der Waals surface area contributed by atoms with E-state index < -0.39 is 0 Å². The van der Waals surface area contributed by atoms with Crippen LogP contribution in [-0.2, 0) is 11.3 Å². The molecule has 17 heavy (non-hydrogen) atoms. The Morgan fingerprint density at radius 3 is 2.88 bits per heavy atom. The molecule has 2 rings (SSSR count). The minimum absolute atomic E-state index is 0.0172. The number of nitrogens with one attached hydrogen (secondary N) is 1. The van der Waals surface area contributed by atoms with Crippen molar-refractivity contribution in [3.63, 3.8) is 0 Å². The fourth-order valence-corrected chi connectivity index (χ4v) is 1.92. The lowest BCUT2D eigenvalue weighted by Crippen LogP contribution is -2.08. The van der Waals surface area contributed by atoms with Gasteiger partial charge >= 0.3 is 0 Å². The van der Waals surface area contributed by atoms with E-state index in [4.69, 9.17) is 10.6 Å². The number of rotatable bonds is 5. The highest BCUT2D eigenvalue weighted by Gasteiger charge is 2.10. The number of hydrazine groups is 1. The van der Waals surface area contributed by atoms with E-state index in [1.54, 1.807) is 0 Å². The first-order valence-electron chi connectivity index (χ1n) is 5.25. The summed E-state index contributed by atoms with van der Waals surface area (Å²) in [5.41, 5.74) is 4.43. The summed E-state index contributed by atoms with van der Waals surface area (Å²) in [6.45, 7) is 2.40. The van der Waals surface area contributed by atoms with E-state index in [1.165, 1.54) is 11.5 Å². The van der Waals surface area contributed by atoms with E-state index in [0.29, 0.717) is 6.61 Å². The van der Waals surface area contributed by atoms with Gasteiger partial charge in [-0.2, -0.15) is 0 Å². The molecule has 0 saturated heterocycles. The average Bonchev–Trinajstić information content (AvgIpc) is 2.84. The molecule has 5 nitrogen and oxygen atoms in total. The Morgan fingerprint density at radius 2 is 2.18 bits per heavy atom. The molecule has 1 aromatic carbocycles. The van der Waals surface area contributed by atoms with Crippen molar-refractivity contribution in [3.05, 3.63) is 41.6 Å². The first-order valence-corrected chi connectivity index (χ1v) is 6.03. The molecular formula is C11H14N4OS. The van der Waals surface area contributed by atoms with E-state index in [0.717, 1.165) is 16.3 Å². The van der Waals surface area contributed by atoms with Crippen LogP contribution in [0.5, 0.6) is 0 Å². The van der Waals surface area contributed by atoms with Gasteiger partial charge in [0.2, 0.25) is 0 Å². The monoisotopic (exact) mass is 250 g/mol. The molecule has 0 amide bonds. The minimum atomic E-state index is 0.0172. The molecule has 0 aliphatic heterocycles. The molecule has 0 aliphatic carbocycles. The minimum Gasteiger partial charge on any atom is -0.367 e. The number of nitrogen functional groups attached to an aromatic ring is 1. The summed E-state index contributed by atoms with van der Waals surface area (Å²) in [4.78, 5) is 0. The summed E-state index contributed by atoms with van der Waals surface area (Å²) in [5.74, 6) is 5.34. The summed E-state index contributed by atoms with van der Waals surface area (Å²) in [6.07, 6.45) is 0.0172. The number of nitrogens with zero attached hydrogens (tertiary/aromatic N) is 2. The molecule has 6 heteroatoms. The van der Waals surface area contributed by atoms with Gasteiger partial charge in [0.15, 0.2) is 0 Å². The second-order valence-corrected chi connectivity index (χ2v) is 4.31. The molecule has 2 aromatic rings. The van der Waals surface area contributed by atoms with E-state index in [1.807, 2.05) is 37.3 Å². The summed E-state index contributed by atoms with van der Waals surface area (Å²) >= 11 is 1.22. The van der Waals surface area contributed by atoms with Crippen LogP contribution in [0, 0.1) is 0 Å². The van der Waals surface area contributed by atoms with E-state index in [9.17, 15) is 0 Å². The lowest BCUT2D eigenvalue weighted by atomic mass is 10.1. The van der Waals surface area contributed by atoms with Gasteiger partial charge in [-0.25, -0.2) is 5.84 Å². The Balaban J connectivity index is 1.95. The predicted molar refractivity (Wildman–Crippen MR) is 67.4 cm³/mol. The molecule has 1 heterocycles. The second-order valence-electron chi connectivity index (χ2n) is 3.56. The second kappa shape index (κ2) is 5.72.